The second kappa shape index (κ2) is 6.02. The van der Waals surface area contributed by atoms with Gasteiger partial charge in [-0.25, -0.2) is 4.98 Å². The molecule has 0 saturated carbocycles. The van der Waals surface area contributed by atoms with Crippen LogP contribution in [-0.2, 0) is 0 Å². The van der Waals surface area contributed by atoms with E-state index in [1.54, 1.807) is 0 Å². The van der Waals surface area contributed by atoms with E-state index in [-0.39, 0.29) is 22.7 Å². The summed E-state index contributed by atoms with van der Waals surface area (Å²) in [6.07, 6.45) is 0. The molecule has 0 atom stereocenters. The average molecular weight is 293 g/mol. The molecule has 1 heterocycles. The van der Waals surface area contributed by atoms with E-state index >= 15 is 0 Å². The van der Waals surface area contributed by atoms with Gasteiger partial charge in [0.2, 0.25) is 5.88 Å². The highest BCUT2D eigenvalue weighted by atomic mass is 16.5. The van der Waals surface area contributed by atoms with Crippen molar-refractivity contribution in [3.63, 3.8) is 0 Å². The van der Waals surface area contributed by atoms with Crippen LogP contribution in [0.15, 0.2) is 24.3 Å². The molecule has 2 aromatic rings. The number of hydrogen-bond donors (Lipinski definition) is 1. The normalized spacial score (nSPS) is 9.68. The maximum absolute atomic E-state index is 9.36. The minimum Gasteiger partial charge on any atom is -0.480 e. The Bertz CT molecular complexity index is 782. The summed E-state index contributed by atoms with van der Waals surface area (Å²) in [5, 5.41) is 18.5. The number of nitrogens with two attached hydrogens (primary N) is 1. The van der Waals surface area contributed by atoms with Gasteiger partial charge < -0.3 is 15.4 Å². The van der Waals surface area contributed by atoms with Crippen LogP contribution in [0.25, 0.3) is 11.3 Å². The molecular weight excluding hydrogens is 278 g/mol. The average Bonchev–Trinajstić information content (AvgIpc) is 2.53. The number of ether oxygens (including phenoxy) is 1. The largest absolute Gasteiger partial charge is 0.480 e. The number of nitriles is 2. The van der Waals surface area contributed by atoms with Crippen molar-refractivity contribution >= 4 is 11.4 Å². The van der Waals surface area contributed by atoms with Gasteiger partial charge in [-0.3, -0.25) is 0 Å². The van der Waals surface area contributed by atoms with E-state index in [2.05, 4.69) is 4.98 Å². The molecule has 6 heteroatoms. The number of benzene rings is 1. The Morgan fingerprint density at radius 3 is 2.14 bits per heavy atom. The van der Waals surface area contributed by atoms with Crippen molar-refractivity contribution in [3.8, 4) is 29.3 Å². The lowest BCUT2D eigenvalue weighted by Crippen LogP contribution is -2.08. The van der Waals surface area contributed by atoms with Crippen LogP contribution in [0.3, 0.4) is 0 Å². The lowest BCUT2D eigenvalue weighted by Gasteiger charge is -2.14. The monoisotopic (exact) mass is 293 g/mol. The number of rotatable bonds is 3. The van der Waals surface area contributed by atoms with Crippen molar-refractivity contribution in [2.24, 2.45) is 0 Å². The maximum atomic E-state index is 9.36. The summed E-state index contributed by atoms with van der Waals surface area (Å²) in [5.74, 6) is 0.116. The first-order valence-electron chi connectivity index (χ1n) is 6.48. The summed E-state index contributed by atoms with van der Waals surface area (Å²) < 4.78 is 5.11. The third kappa shape index (κ3) is 2.50. The first-order valence-corrected chi connectivity index (χ1v) is 6.48. The molecule has 0 spiro atoms. The van der Waals surface area contributed by atoms with E-state index in [0.717, 1.165) is 11.3 Å². The summed E-state index contributed by atoms with van der Waals surface area (Å²) in [7, 11) is 5.29. The molecule has 6 nitrogen and oxygen atoms in total. The first-order chi connectivity index (χ1) is 10.5. The van der Waals surface area contributed by atoms with E-state index in [9.17, 15) is 5.26 Å². The molecule has 0 aliphatic rings. The topological polar surface area (TPSA) is 99.0 Å². The molecule has 2 N–H and O–H groups in total. The lowest BCUT2D eigenvalue weighted by molar-refractivity contribution is 0.397. The van der Waals surface area contributed by atoms with Gasteiger partial charge in [-0.15, -0.1) is 0 Å². The maximum Gasteiger partial charge on any atom is 0.234 e. The molecule has 1 aromatic carbocycles. The molecule has 110 valence electrons. The smallest absolute Gasteiger partial charge is 0.234 e. The molecule has 0 aliphatic heterocycles. The zero-order valence-electron chi connectivity index (χ0n) is 12.6. The van der Waals surface area contributed by atoms with Crippen molar-refractivity contribution in [3.05, 3.63) is 35.4 Å². The van der Waals surface area contributed by atoms with Crippen LogP contribution in [0.4, 0.5) is 11.4 Å². The summed E-state index contributed by atoms with van der Waals surface area (Å²) in [6.45, 7) is 0. The number of pyridine rings is 1. The van der Waals surface area contributed by atoms with Gasteiger partial charge in [0.1, 0.15) is 23.3 Å². The predicted octanol–water partition coefficient (Wildman–Crippen LogP) is 2.15. The van der Waals surface area contributed by atoms with Crippen LogP contribution in [-0.4, -0.2) is 26.2 Å². The van der Waals surface area contributed by atoms with Gasteiger partial charge >= 0.3 is 0 Å². The molecule has 0 saturated heterocycles. The Kier molecular flexibility index (Phi) is 4.15. The SMILES string of the molecule is COc1nc(-c2ccc(N(C)C)cc2)c(C#N)c(N)c1C#N. The zero-order valence-corrected chi connectivity index (χ0v) is 12.6. The highest BCUT2D eigenvalue weighted by Gasteiger charge is 2.19. The number of hydrogen-bond acceptors (Lipinski definition) is 6. The minimum absolute atomic E-state index is 0.0766. The molecule has 0 amide bonds. The molecule has 1 aromatic heterocycles. The van der Waals surface area contributed by atoms with Gasteiger partial charge in [-0.05, 0) is 12.1 Å². The van der Waals surface area contributed by atoms with Gasteiger partial charge in [0.25, 0.3) is 0 Å². The zero-order chi connectivity index (χ0) is 16.3. The first kappa shape index (κ1) is 15.1. The number of aromatic nitrogens is 1. The van der Waals surface area contributed by atoms with E-state index < -0.39 is 0 Å². The van der Waals surface area contributed by atoms with Crippen molar-refractivity contribution < 1.29 is 4.74 Å². The van der Waals surface area contributed by atoms with Crippen LogP contribution >= 0.6 is 0 Å². The lowest BCUT2D eigenvalue weighted by atomic mass is 10.0. The van der Waals surface area contributed by atoms with E-state index in [4.69, 9.17) is 15.7 Å². The van der Waals surface area contributed by atoms with Gasteiger partial charge in [-0.1, -0.05) is 12.1 Å². The highest BCUT2D eigenvalue weighted by Crippen LogP contribution is 2.33. The van der Waals surface area contributed by atoms with Crippen molar-refractivity contribution in [1.29, 1.82) is 10.5 Å². The summed E-state index contributed by atoms with van der Waals surface area (Å²) >= 11 is 0. The number of nitrogen functional groups attached to an aromatic ring is 1. The quantitative estimate of drug-likeness (QED) is 0.930. The molecule has 0 aliphatic carbocycles. The fourth-order valence-electron chi connectivity index (χ4n) is 2.08. The predicted molar refractivity (Wildman–Crippen MR) is 84.4 cm³/mol. The van der Waals surface area contributed by atoms with Crippen molar-refractivity contribution in [1.82, 2.24) is 4.98 Å². The van der Waals surface area contributed by atoms with E-state index in [1.807, 2.05) is 55.4 Å². The van der Waals surface area contributed by atoms with Gasteiger partial charge in [-0.2, -0.15) is 10.5 Å². The Balaban J connectivity index is 2.67. The summed E-state index contributed by atoms with van der Waals surface area (Å²) in [5.41, 5.74) is 8.42. The number of anilines is 2. The van der Waals surface area contributed by atoms with E-state index in [0.29, 0.717) is 5.69 Å². The fraction of sp³-hybridized carbons (Fsp3) is 0.188. The third-order valence-electron chi connectivity index (χ3n) is 3.28. The standard InChI is InChI=1S/C16H15N5O/c1-21(2)11-6-4-10(5-7-11)15-12(8-17)14(19)13(9-18)16(20-15)22-3/h4-7H,1-3H3,(H2,19,20). The van der Waals surface area contributed by atoms with Crippen LogP contribution in [0.1, 0.15) is 11.1 Å². The fourth-order valence-corrected chi connectivity index (χ4v) is 2.08. The second-order valence-corrected chi connectivity index (χ2v) is 4.80. The van der Waals surface area contributed by atoms with Gasteiger partial charge in [0, 0.05) is 25.3 Å². The van der Waals surface area contributed by atoms with Crippen LogP contribution < -0.4 is 15.4 Å². The molecule has 0 radical (unpaired) electrons. The summed E-state index contributed by atoms with van der Waals surface area (Å²) in [6, 6.07) is 11.5. The number of methoxy groups -OCH3 is 1. The summed E-state index contributed by atoms with van der Waals surface area (Å²) in [4.78, 5) is 6.25. The molecule has 2 rings (SSSR count). The molecule has 0 bridgehead atoms. The van der Waals surface area contributed by atoms with Crippen molar-refractivity contribution in [2.75, 3.05) is 31.8 Å². The number of nitrogens with zero attached hydrogens (tertiary/aromatic N) is 4. The molecule has 0 fully saturated rings. The Labute approximate surface area is 129 Å². The highest BCUT2D eigenvalue weighted by molar-refractivity contribution is 5.79. The molecule has 22 heavy (non-hydrogen) atoms. The van der Waals surface area contributed by atoms with Crippen molar-refractivity contribution in [2.45, 2.75) is 0 Å². The molecular formula is C16H15N5O. The van der Waals surface area contributed by atoms with Crippen LogP contribution in [0.5, 0.6) is 5.88 Å². The second-order valence-electron chi connectivity index (χ2n) is 4.80. The van der Waals surface area contributed by atoms with Gasteiger partial charge in [0.15, 0.2) is 0 Å². The Hall–Kier alpha value is -3.25. The third-order valence-corrected chi connectivity index (χ3v) is 3.28. The minimum atomic E-state index is 0.0766. The Morgan fingerprint density at radius 1 is 1.09 bits per heavy atom. The van der Waals surface area contributed by atoms with Gasteiger partial charge in [0.05, 0.1) is 18.5 Å². The van der Waals surface area contributed by atoms with Crippen LogP contribution in [0.2, 0.25) is 0 Å². The van der Waals surface area contributed by atoms with E-state index in [1.165, 1.54) is 7.11 Å². The van der Waals surface area contributed by atoms with Crippen LogP contribution in [0, 0.1) is 22.7 Å². The Morgan fingerprint density at radius 2 is 1.68 bits per heavy atom. The molecule has 0 unspecified atom stereocenters.